The summed E-state index contributed by atoms with van der Waals surface area (Å²) >= 11 is 3.09. The van der Waals surface area contributed by atoms with Gasteiger partial charge in [0.15, 0.2) is 5.50 Å². The molecule has 0 radical (unpaired) electrons. The summed E-state index contributed by atoms with van der Waals surface area (Å²) < 4.78 is 1.65. The average Bonchev–Trinajstić information content (AvgIpc) is 3.64. The highest BCUT2D eigenvalue weighted by molar-refractivity contribution is 8.00. The molecule has 0 saturated carbocycles. The van der Waals surface area contributed by atoms with Crippen molar-refractivity contribution in [1.82, 2.24) is 14.7 Å². The van der Waals surface area contributed by atoms with Crippen molar-refractivity contribution in [2.75, 3.05) is 15.5 Å². The van der Waals surface area contributed by atoms with E-state index >= 15 is 0 Å². The summed E-state index contributed by atoms with van der Waals surface area (Å²) in [5, 5.41) is 29.6. The largest absolute Gasteiger partial charge is 0.508 e. The van der Waals surface area contributed by atoms with Crippen LogP contribution in [0.2, 0.25) is 0 Å². The third kappa shape index (κ3) is 5.50. The van der Waals surface area contributed by atoms with Crippen molar-refractivity contribution in [2.24, 2.45) is 0 Å². The lowest BCUT2D eigenvalue weighted by molar-refractivity contribution is 0.163. The number of aromatic hydroxyl groups is 1. The minimum absolute atomic E-state index is 0.149. The molecule has 0 fully saturated rings. The van der Waals surface area contributed by atoms with E-state index in [0.29, 0.717) is 17.2 Å². The van der Waals surface area contributed by atoms with Crippen molar-refractivity contribution in [2.45, 2.75) is 46.4 Å². The van der Waals surface area contributed by atoms with Gasteiger partial charge in [-0.25, -0.2) is 14.3 Å². The van der Waals surface area contributed by atoms with Crippen LogP contribution < -0.4 is 15.5 Å². The number of hydrogen-bond donors (Lipinski definition) is 4. The van der Waals surface area contributed by atoms with Crippen LogP contribution in [-0.4, -0.2) is 42.5 Å². The molecule has 4 aromatic rings. The van der Waals surface area contributed by atoms with Gasteiger partial charge in [0.25, 0.3) is 0 Å². The van der Waals surface area contributed by atoms with E-state index in [0.717, 1.165) is 26.1 Å². The standard InChI is InChI=1S/C30H28N6O4S2/c1-30(2,3)25-17-26(36(33-25)19-6-8-20(37)9-7-19)32-27(38)31-18-4-10-21(11-5-18)41-22-12-13-24-23(16-22)34-14-15-35(29(39)40)28(34)42-24/h4-17,28,37H,1-3H3,(H,39,40)(H2,31,32,38). The first kappa shape index (κ1) is 27.6. The molecule has 2 aliphatic rings. The van der Waals surface area contributed by atoms with Gasteiger partial charge in [0.1, 0.15) is 11.6 Å². The number of carboxylic acid groups (broad SMARTS) is 1. The highest BCUT2D eigenvalue weighted by Gasteiger charge is 2.39. The maximum absolute atomic E-state index is 13.0. The van der Waals surface area contributed by atoms with E-state index in [1.807, 2.05) is 47.4 Å². The molecule has 3 heterocycles. The summed E-state index contributed by atoms with van der Waals surface area (Å²) in [7, 11) is 0. The Labute approximate surface area is 251 Å². The predicted octanol–water partition coefficient (Wildman–Crippen LogP) is 7.33. The Morgan fingerprint density at radius 3 is 2.33 bits per heavy atom. The molecule has 10 nitrogen and oxygen atoms in total. The molecule has 3 amide bonds. The Bertz CT molecular complexity index is 1700. The lowest BCUT2D eigenvalue weighted by atomic mass is 9.92. The first-order chi connectivity index (χ1) is 20.0. The number of anilines is 3. The lowest BCUT2D eigenvalue weighted by Gasteiger charge is -2.21. The van der Waals surface area contributed by atoms with Crippen molar-refractivity contribution in [1.29, 1.82) is 0 Å². The van der Waals surface area contributed by atoms with E-state index in [1.165, 1.54) is 16.7 Å². The lowest BCUT2D eigenvalue weighted by Crippen LogP contribution is -2.35. The molecule has 1 atom stereocenters. The first-order valence-electron chi connectivity index (χ1n) is 13.1. The molecule has 1 aromatic heterocycles. The molecule has 0 bridgehead atoms. The van der Waals surface area contributed by atoms with Gasteiger partial charge in [0, 0.05) is 44.3 Å². The van der Waals surface area contributed by atoms with Crippen LogP contribution in [0.5, 0.6) is 5.75 Å². The molecule has 4 N–H and O–H groups in total. The number of fused-ring (bicyclic) bond motifs is 3. The summed E-state index contributed by atoms with van der Waals surface area (Å²) in [5.41, 5.74) is 2.59. The molecule has 2 aliphatic heterocycles. The van der Waals surface area contributed by atoms with Crippen LogP contribution in [0.3, 0.4) is 0 Å². The van der Waals surface area contributed by atoms with Crippen molar-refractivity contribution in [3.8, 4) is 11.4 Å². The number of thioether (sulfide) groups is 1. The molecule has 0 aliphatic carbocycles. The quantitative estimate of drug-likeness (QED) is 0.188. The fraction of sp³-hybridized carbons (Fsp3) is 0.167. The number of nitrogens with zero attached hydrogens (tertiary/aromatic N) is 4. The van der Waals surface area contributed by atoms with E-state index in [2.05, 4.69) is 37.5 Å². The monoisotopic (exact) mass is 600 g/mol. The van der Waals surface area contributed by atoms with Crippen molar-refractivity contribution in [3.63, 3.8) is 0 Å². The molecular formula is C30H28N6O4S2. The highest BCUT2D eigenvalue weighted by atomic mass is 32.2. The summed E-state index contributed by atoms with van der Waals surface area (Å²) in [4.78, 5) is 30.8. The molecule has 214 valence electrons. The summed E-state index contributed by atoms with van der Waals surface area (Å²) in [6.07, 6.45) is 2.39. The zero-order valence-corrected chi connectivity index (χ0v) is 24.6. The Morgan fingerprint density at radius 2 is 1.64 bits per heavy atom. The Kier molecular flexibility index (Phi) is 7.03. The van der Waals surface area contributed by atoms with E-state index in [-0.39, 0.29) is 16.7 Å². The van der Waals surface area contributed by atoms with Crippen LogP contribution in [0.15, 0.2) is 99.9 Å². The SMILES string of the molecule is CC(C)(C)c1cc(NC(=O)Nc2ccc(Sc3ccc4c(c3)N3C=CN(C(=O)O)C3S4)cc2)n(-c2ccc(O)cc2)n1. The van der Waals surface area contributed by atoms with Crippen LogP contribution >= 0.6 is 23.5 Å². The molecule has 42 heavy (non-hydrogen) atoms. The third-order valence-electron chi connectivity index (χ3n) is 6.69. The second-order valence-corrected chi connectivity index (χ2v) is 13.0. The van der Waals surface area contributed by atoms with Crippen molar-refractivity contribution in [3.05, 3.63) is 90.9 Å². The third-order valence-corrected chi connectivity index (χ3v) is 8.95. The van der Waals surface area contributed by atoms with E-state index < -0.39 is 12.1 Å². The number of carbonyl (C=O) groups is 2. The summed E-state index contributed by atoms with van der Waals surface area (Å²) in [6.45, 7) is 6.15. The summed E-state index contributed by atoms with van der Waals surface area (Å²) in [5.74, 6) is 0.655. The predicted molar refractivity (Wildman–Crippen MR) is 165 cm³/mol. The van der Waals surface area contributed by atoms with Crippen LogP contribution in [0.25, 0.3) is 5.69 Å². The molecular weight excluding hydrogens is 573 g/mol. The van der Waals surface area contributed by atoms with Gasteiger partial charge in [-0.15, -0.1) is 0 Å². The number of phenolic OH excluding ortho intramolecular Hbond substituents is 1. The molecule has 3 aromatic carbocycles. The normalized spacial score (nSPS) is 15.5. The fourth-order valence-corrected chi connectivity index (χ4v) is 6.60. The second kappa shape index (κ2) is 10.7. The van der Waals surface area contributed by atoms with E-state index in [9.17, 15) is 19.8 Å². The number of nitrogens with one attached hydrogen (secondary N) is 2. The van der Waals surface area contributed by atoms with Crippen LogP contribution in [-0.2, 0) is 5.41 Å². The molecule has 1 unspecified atom stereocenters. The van der Waals surface area contributed by atoms with Gasteiger partial charge in [-0.05, 0) is 66.7 Å². The van der Waals surface area contributed by atoms with Crippen LogP contribution in [0.4, 0.5) is 26.8 Å². The van der Waals surface area contributed by atoms with Gasteiger partial charge in [-0.3, -0.25) is 10.2 Å². The van der Waals surface area contributed by atoms with Gasteiger partial charge in [-0.2, -0.15) is 5.10 Å². The maximum atomic E-state index is 13.0. The molecule has 6 rings (SSSR count). The number of aromatic nitrogens is 2. The van der Waals surface area contributed by atoms with Gasteiger partial charge < -0.3 is 20.4 Å². The topological polar surface area (TPSA) is 123 Å². The summed E-state index contributed by atoms with van der Waals surface area (Å²) in [6, 6.07) is 21.7. The first-order valence-corrected chi connectivity index (χ1v) is 14.8. The van der Waals surface area contributed by atoms with E-state index in [4.69, 9.17) is 5.10 Å². The zero-order valence-electron chi connectivity index (χ0n) is 23.0. The Morgan fingerprint density at radius 1 is 0.929 bits per heavy atom. The number of hydrogen-bond acceptors (Lipinski definition) is 7. The van der Waals surface area contributed by atoms with Gasteiger partial charge in [0.05, 0.1) is 17.1 Å². The smallest absolute Gasteiger partial charge is 0.413 e. The zero-order chi connectivity index (χ0) is 29.6. The highest BCUT2D eigenvalue weighted by Crippen LogP contribution is 2.49. The fourth-order valence-electron chi connectivity index (χ4n) is 4.52. The number of rotatable bonds is 5. The van der Waals surface area contributed by atoms with Crippen molar-refractivity contribution < 1.29 is 19.8 Å². The Hall–Kier alpha value is -4.55. The average molecular weight is 601 g/mol. The van der Waals surface area contributed by atoms with Crippen LogP contribution in [0, 0.1) is 0 Å². The number of urea groups is 1. The minimum atomic E-state index is -0.978. The van der Waals surface area contributed by atoms with Gasteiger partial charge in [0.2, 0.25) is 0 Å². The van der Waals surface area contributed by atoms with E-state index in [1.54, 1.807) is 53.1 Å². The minimum Gasteiger partial charge on any atom is -0.508 e. The number of benzene rings is 3. The van der Waals surface area contributed by atoms with Crippen molar-refractivity contribution >= 4 is 52.8 Å². The number of phenols is 1. The van der Waals surface area contributed by atoms with Crippen LogP contribution in [0.1, 0.15) is 26.5 Å². The molecule has 0 spiro atoms. The van der Waals surface area contributed by atoms with Gasteiger partial charge >= 0.3 is 12.1 Å². The maximum Gasteiger partial charge on any atom is 0.413 e. The number of carbonyl (C=O) groups excluding carboxylic acids is 1. The molecule has 12 heteroatoms. The van der Waals surface area contributed by atoms with Gasteiger partial charge in [-0.1, -0.05) is 44.3 Å². The Balaban J connectivity index is 1.12. The number of amides is 3. The second-order valence-electron chi connectivity index (χ2n) is 10.8. The molecule has 0 saturated heterocycles.